The van der Waals surface area contributed by atoms with Crippen LogP contribution in [0.25, 0.3) is 0 Å². The highest BCUT2D eigenvalue weighted by Gasteiger charge is 2.35. The first kappa shape index (κ1) is 20.1. The average Bonchev–Trinajstić information content (AvgIpc) is 2.22. The minimum atomic E-state index is -2.17. The zero-order valence-electron chi connectivity index (χ0n) is 13.7. The number of rotatable bonds is 4. The van der Waals surface area contributed by atoms with Crippen molar-refractivity contribution in [1.29, 1.82) is 0 Å². The van der Waals surface area contributed by atoms with Crippen molar-refractivity contribution in [3.63, 3.8) is 0 Å². The molecular weight excluding hydrogens is 271 g/mol. The molecule has 0 fully saturated rings. The van der Waals surface area contributed by atoms with E-state index in [4.69, 9.17) is 19.8 Å². The molecule has 0 bridgehead atoms. The van der Waals surface area contributed by atoms with Crippen LogP contribution in [-0.2, 0) is 11.3 Å². The van der Waals surface area contributed by atoms with Gasteiger partial charge in [0.05, 0.1) is 17.8 Å². The highest BCUT2D eigenvalue weighted by atomic mass is 16.5. The van der Waals surface area contributed by atoms with Crippen LogP contribution in [0.1, 0.15) is 44.4 Å². The first-order chi connectivity index (χ1) is 9.35. The Morgan fingerprint density at radius 3 is 1.67 bits per heavy atom. The summed E-state index contributed by atoms with van der Waals surface area (Å²) in [5.74, 6) is 0. The quantitative estimate of drug-likeness (QED) is 0.629. The number of aryl methyl sites for hydroxylation is 2. The monoisotopic (exact) mass is 298 g/mol. The molecule has 5 nitrogen and oxygen atoms in total. The fourth-order valence-corrected chi connectivity index (χ4v) is 1.59. The number of hydrogen-bond acceptors (Lipinski definition) is 5. The van der Waals surface area contributed by atoms with Crippen molar-refractivity contribution in [1.82, 2.24) is 0 Å². The third-order valence-electron chi connectivity index (χ3n) is 3.35. The lowest BCUT2D eigenvalue weighted by Gasteiger charge is -2.37. The lowest BCUT2D eigenvalue weighted by Crippen LogP contribution is -2.47. The maximum Gasteiger partial charge on any atom is 0.631 e. The van der Waals surface area contributed by atoms with Gasteiger partial charge in [-0.2, -0.15) is 0 Å². The van der Waals surface area contributed by atoms with E-state index in [2.05, 4.69) is 32.0 Å². The predicted molar refractivity (Wildman–Crippen MR) is 83.5 cm³/mol. The molecule has 0 amide bonds. The molecule has 0 saturated heterocycles. The fourth-order valence-electron chi connectivity index (χ4n) is 1.59. The van der Waals surface area contributed by atoms with E-state index in [-0.39, 0.29) is 0 Å². The molecule has 21 heavy (non-hydrogen) atoms. The van der Waals surface area contributed by atoms with Gasteiger partial charge >= 0.3 is 7.32 Å². The molecule has 1 aromatic rings. The zero-order valence-corrected chi connectivity index (χ0v) is 13.7. The second kappa shape index (κ2) is 7.91. The molecule has 1 aromatic carbocycles. The zero-order chi connectivity index (χ0) is 16.8. The van der Waals surface area contributed by atoms with Crippen molar-refractivity contribution in [3.8, 4) is 0 Å². The molecule has 0 aliphatic heterocycles. The Balaban J connectivity index is 0.000000885. The van der Waals surface area contributed by atoms with Gasteiger partial charge in [0.2, 0.25) is 0 Å². The van der Waals surface area contributed by atoms with E-state index < -0.39 is 18.5 Å². The van der Waals surface area contributed by atoms with Gasteiger partial charge in [-0.15, -0.1) is 0 Å². The van der Waals surface area contributed by atoms with Crippen LogP contribution < -0.4 is 0 Å². The molecule has 0 unspecified atom stereocenters. The third kappa shape index (κ3) is 8.19. The van der Waals surface area contributed by atoms with Gasteiger partial charge in [-0.1, -0.05) is 29.3 Å². The third-order valence-corrected chi connectivity index (χ3v) is 3.35. The van der Waals surface area contributed by atoms with E-state index >= 15 is 0 Å². The maximum absolute atomic E-state index is 10.0. The Hall–Kier alpha value is -0.915. The second-order valence-corrected chi connectivity index (χ2v) is 6.20. The highest BCUT2D eigenvalue weighted by Crippen LogP contribution is 2.26. The molecule has 0 aliphatic carbocycles. The molecule has 0 aliphatic rings. The van der Waals surface area contributed by atoms with Gasteiger partial charge in [0.1, 0.15) is 0 Å². The summed E-state index contributed by atoms with van der Waals surface area (Å²) in [6.45, 7) is 12.1. The summed E-state index contributed by atoms with van der Waals surface area (Å²) < 4.78 is 5.84. The summed E-state index contributed by atoms with van der Waals surface area (Å²) in [5.41, 5.74) is 2.21. The minimum Gasteiger partial charge on any atom is -0.402 e. The van der Waals surface area contributed by atoms with Crippen LogP contribution in [0.15, 0.2) is 18.2 Å². The topological polar surface area (TPSA) is 90.2 Å². The van der Waals surface area contributed by atoms with Crippen LogP contribution in [0, 0.1) is 13.8 Å². The highest BCUT2D eigenvalue weighted by molar-refractivity contribution is 6.30. The van der Waals surface area contributed by atoms with Crippen molar-refractivity contribution in [2.45, 2.75) is 59.4 Å². The normalized spacial score (nSPS) is 11.7. The molecule has 4 N–H and O–H groups in total. The first-order valence-corrected chi connectivity index (χ1v) is 6.83. The van der Waals surface area contributed by atoms with E-state index in [1.54, 1.807) is 13.8 Å². The summed E-state index contributed by atoms with van der Waals surface area (Å²) in [5, 5.41) is 31.5. The molecule has 0 heterocycles. The van der Waals surface area contributed by atoms with Crippen LogP contribution in [0.2, 0.25) is 0 Å². The van der Waals surface area contributed by atoms with Crippen LogP contribution in [0.3, 0.4) is 0 Å². The van der Waals surface area contributed by atoms with Crippen LogP contribution in [-0.4, -0.2) is 38.7 Å². The fraction of sp³-hybridized carbons (Fsp3) is 0.600. The Bertz CT molecular complexity index is 415. The van der Waals surface area contributed by atoms with Crippen LogP contribution in [0.5, 0.6) is 0 Å². The maximum atomic E-state index is 10.0. The van der Waals surface area contributed by atoms with Crippen molar-refractivity contribution >= 4 is 7.32 Å². The van der Waals surface area contributed by atoms with E-state index in [1.807, 2.05) is 13.8 Å². The predicted octanol–water partition coefficient (Wildman–Crippen LogP) is 1.32. The Kier molecular flexibility index (Phi) is 7.57. The van der Waals surface area contributed by atoms with Gasteiger partial charge in [0, 0.05) is 0 Å². The molecule has 0 atom stereocenters. The van der Waals surface area contributed by atoms with E-state index in [1.165, 1.54) is 11.1 Å². The summed E-state index contributed by atoms with van der Waals surface area (Å²) in [6.07, 6.45) is 0. The van der Waals surface area contributed by atoms with Crippen LogP contribution >= 0.6 is 0 Å². The van der Waals surface area contributed by atoms with E-state index in [0.29, 0.717) is 6.61 Å². The molecular formula is C15H27BO5. The average molecular weight is 298 g/mol. The molecule has 0 saturated carbocycles. The minimum absolute atomic E-state index is 0.527. The summed E-state index contributed by atoms with van der Waals surface area (Å²) in [6, 6.07) is 6.38. The van der Waals surface area contributed by atoms with Crippen LogP contribution in [0.4, 0.5) is 0 Å². The van der Waals surface area contributed by atoms with Gasteiger partial charge < -0.3 is 24.9 Å². The first-order valence-electron chi connectivity index (χ1n) is 6.83. The molecule has 1 rings (SSSR count). The lowest BCUT2D eigenvalue weighted by atomic mass is 9.89. The number of aliphatic hydroxyl groups is 1. The molecule has 120 valence electrons. The van der Waals surface area contributed by atoms with Gasteiger partial charge in [0.15, 0.2) is 0 Å². The van der Waals surface area contributed by atoms with Crippen molar-refractivity contribution < 1.29 is 24.9 Å². The summed E-state index contributed by atoms with van der Waals surface area (Å²) in [4.78, 5) is 0. The number of hydrogen-bond donors (Lipinski definition) is 4. The van der Waals surface area contributed by atoms with E-state index in [9.17, 15) is 5.11 Å². The largest absolute Gasteiger partial charge is 0.631 e. The molecule has 0 radical (unpaired) electrons. The van der Waals surface area contributed by atoms with Crippen molar-refractivity contribution in [3.05, 3.63) is 34.9 Å². The smallest absolute Gasteiger partial charge is 0.402 e. The molecule has 0 aromatic heterocycles. The Morgan fingerprint density at radius 1 is 0.952 bits per heavy atom. The molecule has 0 spiro atoms. The van der Waals surface area contributed by atoms with Crippen molar-refractivity contribution in [2.75, 3.05) is 0 Å². The Morgan fingerprint density at radius 2 is 1.33 bits per heavy atom. The van der Waals surface area contributed by atoms with Gasteiger partial charge in [-0.05, 0) is 47.1 Å². The second-order valence-electron chi connectivity index (χ2n) is 6.20. The van der Waals surface area contributed by atoms with Gasteiger partial charge in [-0.25, -0.2) is 0 Å². The summed E-state index contributed by atoms with van der Waals surface area (Å²) in [7, 11) is -2.17. The standard InChI is InChI=1S/C15H24O2.BH3O3/c1-11-7-12(2)9-13(8-11)10-17-15(5,6)14(3,4)16;2-1(3)4/h7-9,16H,10H2,1-6H3;2-4H. The lowest BCUT2D eigenvalue weighted by molar-refractivity contribution is -0.153. The van der Waals surface area contributed by atoms with E-state index in [0.717, 1.165) is 5.56 Å². The van der Waals surface area contributed by atoms with Crippen molar-refractivity contribution in [2.24, 2.45) is 0 Å². The number of ether oxygens (including phenoxy) is 1. The SMILES string of the molecule is Cc1cc(C)cc(COC(C)(C)C(C)(C)O)c1.OB(O)O. The summed E-state index contributed by atoms with van der Waals surface area (Å²) >= 11 is 0. The van der Waals surface area contributed by atoms with Gasteiger partial charge in [0.25, 0.3) is 0 Å². The Labute approximate surface area is 127 Å². The molecule has 6 heteroatoms. The number of benzene rings is 1. The van der Waals surface area contributed by atoms with Gasteiger partial charge in [-0.3, -0.25) is 0 Å².